The first-order valence-corrected chi connectivity index (χ1v) is 8.12. The smallest absolute Gasteiger partial charge is 0.269 e. The average molecular weight is 336 g/mol. The highest BCUT2D eigenvalue weighted by atomic mass is 16.5. The molecule has 128 valence electrons. The normalized spacial score (nSPS) is 10.6. The van der Waals surface area contributed by atoms with E-state index in [9.17, 15) is 4.79 Å². The van der Waals surface area contributed by atoms with Crippen molar-refractivity contribution in [3.8, 4) is 0 Å². The minimum absolute atomic E-state index is 0.198. The number of carbonyl (C=O) groups excluding carboxylic acids is 1. The fraction of sp³-hybridized carbons (Fsp3) is 0.211. The van der Waals surface area contributed by atoms with Gasteiger partial charge in [0.1, 0.15) is 5.69 Å². The van der Waals surface area contributed by atoms with Crippen molar-refractivity contribution in [2.75, 3.05) is 25.6 Å². The average Bonchev–Trinajstić information content (AvgIpc) is 2.66. The summed E-state index contributed by atoms with van der Waals surface area (Å²) in [6, 6.07) is 13.4. The molecule has 1 amide bonds. The maximum Gasteiger partial charge on any atom is 0.269 e. The van der Waals surface area contributed by atoms with Crippen molar-refractivity contribution in [2.45, 2.75) is 6.42 Å². The SMILES string of the molecule is COCCCNC(=O)c1cc(Nc2cccc3cccnc23)ccn1. The molecule has 2 N–H and O–H groups in total. The van der Waals surface area contributed by atoms with Crippen molar-refractivity contribution < 1.29 is 9.53 Å². The molecule has 3 aromatic rings. The molecule has 25 heavy (non-hydrogen) atoms. The Morgan fingerprint density at radius 1 is 1.12 bits per heavy atom. The van der Waals surface area contributed by atoms with Crippen molar-refractivity contribution in [2.24, 2.45) is 0 Å². The number of methoxy groups -OCH3 is 1. The van der Waals surface area contributed by atoms with Crippen LogP contribution in [0.5, 0.6) is 0 Å². The van der Waals surface area contributed by atoms with Gasteiger partial charge in [-0.15, -0.1) is 0 Å². The molecule has 0 unspecified atom stereocenters. The fourth-order valence-corrected chi connectivity index (χ4v) is 2.50. The number of aromatic nitrogens is 2. The number of hydrogen-bond donors (Lipinski definition) is 2. The van der Waals surface area contributed by atoms with Crippen LogP contribution in [0.4, 0.5) is 11.4 Å². The zero-order valence-electron chi connectivity index (χ0n) is 14.0. The summed E-state index contributed by atoms with van der Waals surface area (Å²) < 4.78 is 4.97. The van der Waals surface area contributed by atoms with Gasteiger partial charge in [-0.05, 0) is 30.7 Å². The van der Waals surface area contributed by atoms with Crippen LogP contribution in [0.15, 0.2) is 54.9 Å². The third-order valence-corrected chi connectivity index (χ3v) is 3.72. The highest BCUT2D eigenvalue weighted by molar-refractivity contribution is 5.94. The van der Waals surface area contributed by atoms with Gasteiger partial charge in [-0.25, -0.2) is 0 Å². The number of benzene rings is 1. The number of pyridine rings is 2. The molecule has 0 atom stereocenters. The van der Waals surface area contributed by atoms with Gasteiger partial charge < -0.3 is 15.4 Å². The van der Waals surface area contributed by atoms with E-state index in [2.05, 4.69) is 20.6 Å². The highest BCUT2D eigenvalue weighted by Gasteiger charge is 2.08. The number of amides is 1. The lowest BCUT2D eigenvalue weighted by Gasteiger charge is -2.10. The molecule has 2 aromatic heterocycles. The molecule has 0 aliphatic carbocycles. The van der Waals surface area contributed by atoms with Gasteiger partial charge in [0.25, 0.3) is 5.91 Å². The van der Waals surface area contributed by atoms with E-state index in [1.807, 2.05) is 36.4 Å². The molecular weight excluding hydrogens is 316 g/mol. The highest BCUT2D eigenvalue weighted by Crippen LogP contribution is 2.24. The maximum atomic E-state index is 12.2. The Morgan fingerprint density at radius 2 is 2.00 bits per heavy atom. The quantitative estimate of drug-likeness (QED) is 0.648. The van der Waals surface area contributed by atoms with Gasteiger partial charge in [-0.3, -0.25) is 14.8 Å². The minimum atomic E-state index is -0.198. The van der Waals surface area contributed by atoms with Gasteiger partial charge in [0, 0.05) is 43.7 Å². The summed E-state index contributed by atoms with van der Waals surface area (Å²) >= 11 is 0. The van der Waals surface area contributed by atoms with E-state index in [1.54, 1.807) is 25.6 Å². The molecule has 0 spiro atoms. The molecule has 0 bridgehead atoms. The lowest BCUT2D eigenvalue weighted by atomic mass is 10.2. The molecule has 2 heterocycles. The summed E-state index contributed by atoms with van der Waals surface area (Å²) in [5.41, 5.74) is 2.92. The van der Waals surface area contributed by atoms with Crippen molar-refractivity contribution in [3.05, 3.63) is 60.6 Å². The van der Waals surface area contributed by atoms with E-state index >= 15 is 0 Å². The van der Waals surface area contributed by atoms with Crippen molar-refractivity contribution >= 4 is 28.2 Å². The van der Waals surface area contributed by atoms with Gasteiger partial charge in [-0.2, -0.15) is 0 Å². The second kappa shape index (κ2) is 8.21. The number of nitrogens with zero attached hydrogens (tertiary/aromatic N) is 2. The third kappa shape index (κ3) is 4.30. The molecule has 6 heteroatoms. The summed E-state index contributed by atoms with van der Waals surface area (Å²) in [5.74, 6) is -0.198. The number of fused-ring (bicyclic) bond motifs is 1. The van der Waals surface area contributed by atoms with E-state index in [-0.39, 0.29) is 5.91 Å². The number of rotatable bonds is 7. The Morgan fingerprint density at radius 3 is 2.88 bits per heavy atom. The molecule has 3 rings (SSSR count). The van der Waals surface area contributed by atoms with E-state index in [0.29, 0.717) is 18.8 Å². The van der Waals surface area contributed by atoms with E-state index in [1.165, 1.54) is 0 Å². The Hall–Kier alpha value is -2.99. The van der Waals surface area contributed by atoms with Gasteiger partial charge in [0.2, 0.25) is 0 Å². The number of hydrogen-bond acceptors (Lipinski definition) is 5. The number of para-hydroxylation sites is 1. The Balaban J connectivity index is 1.74. The van der Waals surface area contributed by atoms with Gasteiger partial charge in [0.05, 0.1) is 11.2 Å². The largest absolute Gasteiger partial charge is 0.385 e. The molecule has 6 nitrogen and oxygen atoms in total. The summed E-state index contributed by atoms with van der Waals surface area (Å²) in [5, 5.41) is 7.20. The van der Waals surface area contributed by atoms with Crippen LogP contribution in [0, 0.1) is 0 Å². The molecular formula is C19H20N4O2. The van der Waals surface area contributed by atoms with Crippen molar-refractivity contribution in [3.63, 3.8) is 0 Å². The second-order valence-corrected chi connectivity index (χ2v) is 5.54. The molecule has 0 saturated carbocycles. The first-order valence-electron chi connectivity index (χ1n) is 8.12. The Bertz CT molecular complexity index is 861. The van der Waals surface area contributed by atoms with Gasteiger partial charge >= 0.3 is 0 Å². The summed E-state index contributed by atoms with van der Waals surface area (Å²) in [6.07, 6.45) is 4.14. The van der Waals surface area contributed by atoms with Crippen LogP contribution >= 0.6 is 0 Å². The predicted octanol–water partition coefficient (Wildman–Crippen LogP) is 3.14. The first kappa shape index (κ1) is 16.9. The summed E-state index contributed by atoms with van der Waals surface area (Å²) in [6.45, 7) is 1.17. The topological polar surface area (TPSA) is 76.1 Å². The minimum Gasteiger partial charge on any atom is -0.385 e. The standard InChI is InChI=1S/C19H20N4O2/c1-25-12-4-10-22-19(24)17-13-15(8-11-20-17)23-16-7-2-5-14-6-3-9-21-18(14)16/h2-3,5-9,11,13H,4,10,12H2,1H3,(H,20,23)(H,22,24). The third-order valence-electron chi connectivity index (χ3n) is 3.72. The van der Waals surface area contributed by atoms with Crippen LogP contribution in [0.25, 0.3) is 10.9 Å². The Kier molecular flexibility index (Phi) is 5.53. The van der Waals surface area contributed by atoms with Crippen molar-refractivity contribution in [1.82, 2.24) is 15.3 Å². The molecule has 1 aromatic carbocycles. The number of nitrogens with one attached hydrogen (secondary N) is 2. The fourth-order valence-electron chi connectivity index (χ4n) is 2.50. The van der Waals surface area contributed by atoms with Gasteiger partial charge in [0.15, 0.2) is 0 Å². The van der Waals surface area contributed by atoms with Crippen molar-refractivity contribution in [1.29, 1.82) is 0 Å². The zero-order valence-corrected chi connectivity index (χ0v) is 14.0. The zero-order chi connectivity index (χ0) is 17.5. The molecule has 0 aliphatic heterocycles. The number of ether oxygens (including phenoxy) is 1. The van der Waals surface area contributed by atoms with Crippen LogP contribution in [0.2, 0.25) is 0 Å². The van der Waals surface area contributed by atoms with Crippen LogP contribution in [0.1, 0.15) is 16.9 Å². The van der Waals surface area contributed by atoms with Crippen LogP contribution < -0.4 is 10.6 Å². The van der Waals surface area contributed by atoms with Gasteiger partial charge in [-0.1, -0.05) is 18.2 Å². The lowest BCUT2D eigenvalue weighted by molar-refractivity contribution is 0.0943. The van der Waals surface area contributed by atoms with E-state index < -0.39 is 0 Å². The molecule has 0 fully saturated rings. The predicted molar refractivity (Wildman–Crippen MR) is 98.1 cm³/mol. The molecule has 0 saturated heterocycles. The molecule has 0 radical (unpaired) electrons. The summed E-state index contributed by atoms with van der Waals surface area (Å²) in [4.78, 5) is 20.7. The first-order chi connectivity index (χ1) is 12.3. The monoisotopic (exact) mass is 336 g/mol. The van der Waals surface area contributed by atoms with Crippen LogP contribution in [-0.4, -0.2) is 36.1 Å². The van der Waals surface area contributed by atoms with Crippen LogP contribution in [-0.2, 0) is 4.74 Å². The lowest BCUT2D eigenvalue weighted by Crippen LogP contribution is -2.26. The van der Waals surface area contributed by atoms with E-state index in [4.69, 9.17) is 4.74 Å². The second-order valence-electron chi connectivity index (χ2n) is 5.54. The molecule has 0 aliphatic rings. The number of anilines is 2. The van der Waals surface area contributed by atoms with E-state index in [0.717, 1.165) is 28.7 Å². The number of carbonyl (C=O) groups is 1. The summed E-state index contributed by atoms with van der Waals surface area (Å²) in [7, 11) is 1.64. The maximum absolute atomic E-state index is 12.2. The Labute approximate surface area is 146 Å². The van der Waals surface area contributed by atoms with Crippen LogP contribution in [0.3, 0.4) is 0 Å².